The van der Waals surface area contributed by atoms with Gasteiger partial charge >= 0.3 is 0 Å². The van der Waals surface area contributed by atoms with E-state index in [1.807, 2.05) is 31.2 Å². The molecule has 1 aromatic carbocycles. The van der Waals surface area contributed by atoms with Crippen LogP contribution >= 0.6 is 11.8 Å². The van der Waals surface area contributed by atoms with Gasteiger partial charge in [0.15, 0.2) is 0 Å². The second-order valence-corrected chi connectivity index (χ2v) is 5.04. The van der Waals surface area contributed by atoms with Crippen molar-refractivity contribution in [2.75, 3.05) is 0 Å². The van der Waals surface area contributed by atoms with Crippen LogP contribution in [-0.4, -0.2) is 10.2 Å². The molecule has 0 aliphatic heterocycles. The molecule has 0 saturated heterocycles. The Labute approximate surface area is 99.3 Å². The van der Waals surface area contributed by atoms with Gasteiger partial charge in [-0.2, -0.15) is 5.26 Å². The lowest BCUT2D eigenvalue weighted by atomic mass is 10.1. The summed E-state index contributed by atoms with van der Waals surface area (Å²) in [4.78, 5) is 4.54. The number of hydrogen-bond acceptors (Lipinski definition) is 3. The Hall–Kier alpha value is -1.53. The van der Waals surface area contributed by atoms with Crippen molar-refractivity contribution in [1.82, 2.24) is 4.98 Å². The number of aromatic nitrogens is 1. The molecule has 0 aliphatic carbocycles. The maximum Gasteiger partial charge on any atom is 0.0982 e. The Morgan fingerprint density at radius 1 is 1.38 bits per heavy atom. The number of pyridine rings is 1. The van der Waals surface area contributed by atoms with E-state index in [1.165, 1.54) is 22.7 Å². The molecule has 1 aromatic heterocycles. The number of fused-ring (bicyclic) bond motifs is 1. The molecular weight excluding hydrogens is 216 g/mol. The highest BCUT2D eigenvalue weighted by Crippen LogP contribution is 2.25. The lowest BCUT2D eigenvalue weighted by Gasteiger charge is -2.06. The van der Waals surface area contributed by atoms with Gasteiger partial charge < -0.3 is 0 Å². The van der Waals surface area contributed by atoms with Crippen LogP contribution in [0.15, 0.2) is 35.4 Å². The Morgan fingerprint density at radius 2 is 2.12 bits per heavy atom. The monoisotopic (exact) mass is 228 g/mol. The van der Waals surface area contributed by atoms with Gasteiger partial charge in [0.25, 0.3) is 0 Å². The number of para-hydroxylation sites is 1. The fourth-order valence-electron chi connectivity index (χ4n) is 1.59. The first-order chi connectivity index (χ1) is 7.70. The number of hydrogen-bond donors (Lipinski definition) is 0. The second kappa shape index (κ2) is 4.54. The van der Waals surface area contributed by atoms with Crippen LogP contribution in [0.2, 0.25) is 0 Å². The van der Waals surface area contributed by atoms with Crippen molar-refractivity contribution in [3.63, 3.8) is 0 Å². The minimum Gasteiger partial charge on any atom is -0.241 e. The zero-order valence-corrected chi connectivity index (χ0v) is 10.1. The van der Waals surface area contributed by atoms with Crippen molar-refractivity contribution in [2.45, 2.75) is 24.1 Å². The first kappa shape index (κ1) is 11.0. The molecule has 1 unspecified atom stereocenters. The quantitative estimate of drug-likeness (QED) is 0.737. The zero-order valence-electron chi connectivity index (χ0n) is 9.27. The number of nitriles is 1. The molecule has 2 aromatic rings. The molecule has 0 aliphatic rings. The summed E-state index contributed by atoms with van der Waals surface area (Å²) < 4.78 is 0. The standard InChI is InChI=1S/C13H12N2S/c1-9-7-13(16-10(2)8-14)15-12-6-4-3-5-11(9)12/h3-7,10H,1-2H3. The highest BCUT2D eigenvalue weighted by molar-refractivity contribution is 8.00. The predicted molar refractivity (Wildman–Crippen MR) is 67.4 cm³/mol. The lowest BCUT2D eigenvalue weighted by Crippen LogP contribution is -1.93. The van der Waals surface area contributed by atoms with Crippen LogP contribution in [0, 0.1) is 18.3 Å². The first-order valence-corrected chi connectivity index (χ1v) is 6.01. The van der Waals surface area contributed by atoms with Crippen LogP contribution < -0.4 is 0 Å². The summed E-state index contributed by atoms with van der Waals surface area (Å²) in [5, 5.41) is 10.8. The van der Waals surface area contributed by atoms with Gasteiger partial charge in [-0.25, -0.2) is 4.98 Å². The Morgan fingerprint density at radius 3 is 2.88 bits per heavy atom. The fraction of sp³-hybridized carbons (Fsp3) is 0.231. The summed E-state index contributed by atoms with van der Waals surface area (Å²) in [7, 11) is 0. The van der Waals surface area contributed by atoms with Crippen LogP contribution in [0.25, 0.3) is 10.9 Å². The summed E-state index contributed by atoms with van der Waals surface area (Å²) in [5.74, 6) is 0. The molecular formula is C13H12N2S. The molecule has 1 atom stereocenters. The maximum absolute atomic E-state index is 8.78. The van der Waals surface area contributed by atoms with Crippen molar-refractivity contribution in [3.8, 4) is 6.07 Å². The van der Waals surface area contributed by atoms with Crippen LogP contribution in [0.5, 0.6) is 0 Å². The van der Waals surface area contributed by atoms with Gasteiger partial charge in [0.05, 0.1) is 21.9 Å². The summed E-state index contributed by atoms with van der Waals surface area (Å²) >= 11 is 1.50. The van der Waals surface area contributed by atoms with E-state index in [9.17, 15) is 0 Å². The van der Waals surface area contributed by atoms with Crippen LogP contribution in [0.1, 0.15) is 12.5 Å². The maximum atomic E-state index is 8.78. The molecule has 0 radical (unpaired) electrons. The minimum absolute atomic E-state index is 0.0620. The van der Waals surface area contributed by atoms with E-state index >= 15 is 0 Å². The van der Waals surface area contributed by atoms with Gasteiger partial charge in [-0.05, 0) is 31.5 Å². The largest absolute Gasteiger partial charge is 0.241 e. The number of thioether (sulfide) groups is 1. The highest BCUT2D eigenvalue weighted by Gasteiger charge is 2.06. The van der Waals surface area contributed by atoms with Gasteiger partial charge in [-0.3, -0.25) is 0 Å². The number of benzene rings is 1. The third kappa shape index (κ3) is 2.17. The Balaban J connectivity index is 2.46. The third-order valence-corrected chi connectivity index (χ3v) is 3.29. The first-order valence-electron chi connectivity index (χ1n) is 5.13. The van der Waals surface area contributed by atoms with Crippen molar-refractivity contribution in [1.29, 1.82) is 5.26 Å². The lowest BCUT2D eigenvalue weighted by molar-refractivity contribution is 1.14. The van der Waals surface area contributed by atoms with E-state index in [0.717, 1.165) is 10.5 Å². The molecule has 0 bridgehead atoms. The average Bonchev–Trinajstić information content (AvgIpc) is 2.29. The van der Waals surface area contributed by atoms with Gasteiger partial charge in [0, 0.05) is 5.39 Å². The van der Waals surface area contributed by atoms with E-state index in [1.54, 1.807) is 0 Å². The normalized spacial score (nSPS) is 12.3. The van der Waals surface area contributed by atoms with Crippen LogP contribution in [-0.2, 0) is 0 Å². The van der Waals surface area contributed by atoms with E-state index < -0.39 is 0 Å². The molecule has 1 heterocycles. The number of rotatable bonds is 2. The van der Waals surface area contributed by atoms with E-state index in [4.69, 9.17) is 5.26 Å². The van der Waals surface area contributed by atoms with Crippen LogP contribution in [0.3, 0.4) is 0 Å². The average molecular weight is 228 g/mol. The summed E-state index contributed by atoms with van der Waals surface area (Å²) in [6, 6.07) is 12.3. The molecule has 0 amide bonds. The molecule has 2 rings (SSSR count). The molecule has 0 fully saturated rings. The van der Waals surface area contributed by atoms with Gasteiger partial charge in [0.2, 0.25) is 0 Å². The summed E-state index contributed by atoms with van der Waals surface area (Å²) in [5.41, 5.74) is 2.20. The second-order valence-electron chi connectivity index (χ2n) is 3.68. The molecule has 3 heteroatoms. The van der Waals surface area contributed by atoms with E-state index in [0.29, 0.717) is 0 Å². The summed E-state index contributed by atoms with van der Waals surface area (Å²) in [6.45, 7) is 3.96. The number of nitrogens with zero attached hydrogens (tertiary/aromatic N) is 2. The molecule has 16 heavy (non-hydrogen) atoms. The summed E-state index contributed by atoms with van der Waals surface area (Å²) in [6.07, 6.45) is 0. The predicted octanol–water partition coefficient (Wildman–Crippen LogP) is 3.55. The molecule has 0 spiro atoms. The molecule has 2 nitrogen and oxygen atoms in total. The van der Waals surface area contributed by atoms with Crippen molar-refractivity contribution < 1.29 is 0 Å². The Bertz CT molecular complexity index is 557. The molecule has 80 valence electrons. The van der Waals surface area contributed by atoms with Crippen molar-refractivity contribution in [3.05, 3.63) is 35.9 Å². The molecule has 0 N–H and O–H groups in total. The van der Waals surface area contributed by atoms with Gasteiger partial charge in [-0.15, -0.1) is 0 Å². The van der Waals surface area contributed by atoms with E-state index in [-0.39, 0.29) is 5.25 Å². The third-order valence-electron chi connectivity index (χ3n) is 2.38. The van der Waals surface area contributed by atoms with Crippen LogP contribution in [0.4, 0.5) is 0 Å². The molecule has 0 saturated carbocycles. The zero-order chi connectivity index (χ0) is 11.5. The van der Waals surface area contributed by atoms with Crippen molar-refractivity contribution >= 4 is 22.7 Å². The number of aryl methyl sites for hydroxylation is 1. The van der Waals surface area contributed by atoms with Gasteiger partial charge in [0.1, 0.15) is 0 Å². The smallest absolute Gasteiger partial charge is 0.0982 e. The Kier molecular flexibility index (Phi) is 3.12. The fourth-order valence-corrected chi connectivity index (χ4v) is 2.40. The topological polar surface area (TPSA) is 36.7 Å². The van der Waals surface area contributed by atoms with E-state index in [2.05, 4.69) is 24.0 Å². The van der Waals surface area contributed by atoms with Gasteiger partial charge in [-0.1, -0.05) is 30.0 Å². The minimum atomic E-state index is -0.0620. The SMILES string of the molecule is Cc1cc(SC(C)C#N)nc2ccccc12. The van der Waals surface area contributed by atoms with Crippen molar-refractivity contribution in [2.24, 2.45) is 0 Å². The highest BCUT2D eigenvalue weighted by atomic mass is 32.2.